The summed E-state index contributed by atoms with van der Waals surface area (Å²) in [6, 6.07) is 0. The third-order valence-electron chi connectivity index (χ3n) is 2.74. The number of aryl methyl sites for hydroxylation is 2. The molecule has 0 saturated carbocycles. The van der Waals surface area contributed by atoms with E-state index in [9.17, 15) is 0 Å². The van der Waals surface area contributed by atoms with Gasteiger partial charge in [-0.3, -0.25) is 0 Å². The van der Waals surface area contributed by atoms with Crippen LogP contribution in [0.25, 0.3) is 0 Å². The maximum atomic E-state index is 2.36. The van der Waals surface area contributed by atoms with Gasteiger partial charge in [0.05, 0.1) is 13.1 Å². The number of hydrogen-bond donors (Lipinski definition) is 0. The zero-order valence-electron chi connectivity index (χ0n) is 10.2. The molecule has 0 N–H and O–H groups in total. The van der Waals surface area contributed by atoms with E-state index in [1.165, 1.54) is 36.7 Å². The molecule has 0 amide bonds. The van der Waals surface area contributed by atoms with E-state index < -0.39 is 0 Å². The number of aromatic nitrogens is 2. The summed E-state index contributed by atoms with van der Waals surface area (Å²) in [5, 5.41) is 0. The number of thioether (sulfide) groups is 1. The minimum atomic E-state index is 1.07. The lowest BCUT2D eigenvalue weighted by Gasteiger charge is -2.00. The van der Waals surface area contributed by atoms with Crippen LogP contribution < -0.4 is 4.57 Å². The molecule has 0 unspecified atom stereocenters. The quantitative estimate of drug-likeness (QED) is 0.514. The maximum absolute atomic E-state index is 2.36. The lowest BCUT2D eigenvalue weighted by atomic mass is 10.3. The van der Waals surface area contributed by atoms with Crippen molar-refractivity contribution < 1.29 is 4.57 Å². The van der Waals surface area contributed by atoms with Gasteiger partial charge in [-0.1, -0.05) is 6.92 Å². The molecule has 0 aliphatic rings. The molecule has 3 heteroatoms. The molecule has 0 radical (unpaired) electrons. The summed E-state index contributed by atoms with van der Waals surface area (Å²) in [5.74, 6) is 3.93. The van der Waals surface area contributed by atoms with Crippen LogP contribution in [0.4, 0.5) is 0 Å². The fraction of sp³-hybridized carbons (Fsp3) is 0.750. The first-order valence-electron chi connectivity index (χ1n) is 5.92. The Bertz CT molecular complexity index is 281. The molecule has 1 rings (SSSR count). The molecule has 0 aliphatic heterocycles. The molecular weight excluding hydrogens is 204 g/mol. The first-order valence-corrected chi connectivity index (χ1v) is 7.08. The molecule has 15 heavy (non-hydrogen) atoms. The number of nitrogens with zero attached hydrogens (tertiary/aromatic N) is 2. The fourth-order valence-corrected chi connectivity index (χ4v) is 2.44. The molecule has 2 nitrogen and oxygen atoms in total. The molecule has 86 valence electrons. The van der Waals surface area contributed by atoms with Crippen LogP contribution in [-0.4, -0.2) is 16.1 Å². The second-order valence-electron chi connectivity index (χ2n) is 3.73. The average Bonchev–Trinajstić information content (AvgIpc) is 2.60. The van der Waals surface area contributed by atoms with Crippen LogP contribution in [0.2, 0.25) is 0 Å². The molecule has 0 bridgehead atoms. The van der Waals surface area contributed by atoms with Crippen molar-refractivity contribution in [1.82, 2.24) is 4.57 Å². The van der Waals surface area contributed by atoms with Crippen molar-refractivity contribution in [2.75, 3.05) is 11.5 Å². The zero-order chi connectivity index (χ0) is 11.1. The summed E-state index contributed by atoms with van der Waals surface area (Å²) in [6.45, 7) is 8.86. The first-order chi connectivity index (χ1) is 7.29. The van der Waals surface area contributed by atoms with Gasteiger partial charge in [-0.2, -0.15) is 11.8 Å². The van der Waals surface area contributed by atoms with Gasteiger partial charge in [-0.25, -0.2) is 9.13 Å². The largest absolute Gasteiger partial charge is 0.253 e. The summed E-state index contributed by atoms with van der Waals surface area (Å²) in [5.41, 5.74) is 0. The highest BCUT2D eigenvalue weighted by molar-refractivity contribution is 7.99. The molecule has 0 aromatic carbocycles. The van der Waals surface area contributed by atoms with Gasteiger partial charge in [0, 0.05) is 6.92 Å². The number of rotatable bonds is 7. The van der Waals surface area contributed by atoms with Crippen LogP contribution in [0.1, 0.15) is 32.5 Å². The first kappa shape index (κ1) is 12.6. The minimum absolute atomic E-state index is 1.07. The highest BCUT2D eigenvalue weighted by atomic mass is 32.2. The highest BCUT2D eigenvalue weighted by Crippen LogP contribution is 2.03. The summed E-state index contributed by atoms with van der Waals surface area (Å²) in [7, 11) is 0. The van der Waals surface area contributed by atoms with Gasteiger partial charge < -0.3 is 0 Å². The van der Waals surface area contributed by atoms with Gasteiger partial charge in [0.25, 0.3) is 5.82 Å². The predicted molar refractivity (Wildman–Crippen MR) is 67.3 cm³/mol. The van der Waals surface area contributed by atoms with E-state index in [1.54, 1.807) is 0 Å². The van der Waals surface area contributed by atoms with Gasteiger partial charge >= 0.3 is 0 Å². The maximum Gasteiger partial charge on any atom is 0.253 e. The van der Waals surface area contributed by atoms with E-state index in [-0.39, 0.29) is 0 Å². The van der Waals surface area contributed by atoms with E-state index in [0.29, 0.717) is 0 Å². The van der Waals surface area contributed by atoms with Crippen molar-refractivity contribution in [3.05, 3.63) is 18.2 Å². The summed E-state index contributed by atoms with van der Waals surface area (Å²) in [6.07, 6.45) is 7.01. The number of imidazole rings is 1. The van der Waals surface area contributed by atoms with Crippen molar-refractivity contribution >= 4 is 11.8 Å². The summed E-state index contributed by atoms with van der Waals surface area (Å²) in [4.78, 5) is 0. The molecule has 0 atom stereocenters. The van der Waals surface area contributed by atoms with E-state index in [1.807, 2.05) is 11.8 Å². The lowest BCUT2D eigenvalue weighted by Crippen LogP contribution is -2.35. The van der Waals surface area contributed by atoms with E-state index in [0.717, 1.165) is 6.54 Å². The van der Waals surface area contributed by atoms with Crippen LogP contribution in [0, 0.1) is 6.92 Å². The Morgan fingerprint density at radius 3 is 2.73 bits per heavy atom. The lowest BCUT2D eigenvalue weighted by molar-refractivity contribution is -0.702. The van der Waals surface area contributed by atoms with E-state index in [2.05, 4.69) is 42.3 Å². The van der Waals surface area contributed by atoms with Gasteiger partial charge in [-0.05, 0) is 31.3 Å². The monoisotopic (exact) mass is 227 g/mol. The normalized spacial score (nSPS) is 10.9. The van der Waals surface area contributed by atoms with E-state index in [4.69, 9.17) is 0 Å². The Morgan fingerprint density at radius 2 is 2.13 bits per heavy atom. The predicted octanol–water partition coefficient (Wildman–Crippen LogP) is 2.64. The molecular formula is C12H23N2S+. The van der Waals surface area contributed by atoms with Crippen LogP contribution in [0.5, 0.6) is 0 Å². The van der Waals surface area contributed by atoms with Crippen LogP contribution in [0.15, 0.2) is 12.4 Å². The molecule has 0 spiro atoms. The fourth-order valence-electron chi connectivity index (χ4n) is 1.74. The Morgan fingerprint density at radius 1 is 1.33 bits per heavy atom. The highest BCUT2D eigenvalue weighted by Gasteiger charge is 2.09. The van der Waals surface area contributed by atoms with Gasteiger partial charge in [-0.15, -0.1) is 0 Å². The third kappa shape index (κ3) is 3.90. The summed E-state index contributed by atoms with van der Waals surface area (Å²) < 4.78 is 4.65. The standard InChI is InChI=1S/C12H23N2S/c1-4-13-9-10-14(12(13)3)8-6-7-11-15-5-2/h9-10H,4-8,11H2,1-3H3/q+1. The van der Waals surface area contributed by atoms with Crippen LogP contribution in [0.3, 0.4) is 0 Å². The average molecular weight is 227 g/mol. The minimum Gasteiger partial charge on any atom is -0.235 e. The molecule has 1 aromatic rings. The third-order valence-corrected chi connectivity index (χ3v) is 3.73. The summed E-state index contributed by atoms with van der Waals surface area (Å²) >= 11 is 2.04. The van der Waals surface area contributed by atoms with Crippen LogP contribution in [-0.2, 0) is 13.1 Å². The Balaban J connectivity index is 2.28. The number of unbranched alkanes of at least 4 members (excludes halogenated alkanes) is 1. The van der Waals surface area contributed by atoms with Gasteiger partial charge in [0.2, 0.25) is 0 Å². The van der Waals surface area contributed by atoms with Gasteiger partial charge in [0.1, 0.15) is 12.4 Å². The van der Waals surface area contributed by atoms with Crippen molar-refractivity contribution in [1.29, 1.82) is 0 Å². The second-order valence-corrected chi connectivity index (χ2v) is 5.12. The van der Waals surface area contributed by atoms with Crippen molar-refractivity contribution in [2.45, 2.75) is 46.7 Å². The zero-order valence-corrected chi connectivity index (χ0v) is 11.0. The topological polar surface area (TPSA) is 8.81 Å². The van der Waals surface area contributed by atoms with Gasteiger partial charge in [0.15, 0.2) is 0 Å². The van der Waals surface area contributed by atoms with Crippen molar-refractivity contribution in [3.63, 3.8) is 0 Å². The molecule has 0 saturated heterocycles. The molecule has 0 fully saturated rings. The van der Waals surface area contributed by atoms with E-state index >= 15 is 0 Å². The molecule has 0 aliphatic carbocycles. The van der Waals surface area contributed by atoms with Crippen molar-refractivity contribution in [2.24, 2.45) is 0 Å². The van der Waals surface area contributed by atoms with Crippen LogP contribution >= 0.6 is 11.8 Å². The molecule has 1 aromatic heterocycles. The SMILES string of the molecule is CCSCCCC[n+]1ccn(CC)c1C. The molecule has 1 heterocycles. The smallest absolute Gasteiger partial charge is 0.235 e. The Kier molecular flexibility index (Phi) is 5.84. The Labute approximate surface area is 97.7 Å². The van der Waals surface area contributed by atoms with Crippen molar-refractivity contribution in [3.8, 4) is 0 Å². The second kappa shape index (κ2) is 6.94. The number of hydrogen-bond acceptors (Lipinski definition) is 1. The Hall–Kier alpha value is -0.440.